The number of aromatic nitrogens is 1. The third kappa shape index (κ3) is 10.2. The summed E-state index contributed by atoms with van der Waals surface area (Å²) in [6.07, 6.45) is 9.55. The van der Waals surface area contributed by atoms with Gasteiger partial charge in [-0.25, -0.2) is 0 Å². The second kappa shape index (κ2) is 17.0. The minimum atomic E-state index is -0.679. The molecule has 2 aliphatic rings. The lowest BCUT2D eigenvalue weighted by Crippen LogP contribution is -2.47. The zero-order valence-corrected chi connectivity index (χ0v) is 26.6. The van der Waals surface area contributed by atoms with Crippen molar-refractivity contribution < 1.29 is 28.4 Å². The van der Waals surface area contributed by atoms with Crippen LogP contribution in [0, 0.1) is 0 Å². The van der Waals surface area contributed by atoms with Crippen LogP contribution in [0.15, 0.2) is 28.8 Å². The SMILES string of the molecule is COc1ccc2cc1OCC(=O)N[C@@H](C)C(=O)N(C)CCCCN(Cc1cc(C3CCCCC3)no1)CCCNC(=O)CC2. The van der Waals surface area contributed by atoms with Crippen LogP contribution in [0.4, 0.5) is 0 Å². The lowest BCUT2D eigenvalue weighted by atomic mass is 9.87. The number of hydrogen-bond donors (Lipinski definition) is 2. The van der Waals surface area contributed by atoms with Crippen LogP contribution in [0.5, 0.6) is 11.5 Å². The van der Waals surface area contributed by atoms with Gasteiger partial charge in [-0.15, -0.1) is 0 Å². The molecule has 44 heavy (non-hydrogen) atoms. The Balaban J connectivity index is 1.40. The van der Waals surface area contributed by atoms with E-state index in [-0.39, 0.29) is 18.4 Å². The molecule has 4 rings (SSSR count). The Hall–Kier alpha value is -3.60. The van der Waals surface area contributed by atoms with E-state index in [9.17, 15) is 14.4 Å². The van der Waals surface area contributed by atoms with Crippen molar-refractivity contribution in [1.82, 2.24) is 25.6 Å². The van der Waals surface area contributed by atoms with Crippen molar-refractivity contribution in [2.45, 2.75) is 89.6 Å². The maximum atomic E-state index is 12.9. The van der Waals surface area contributed by atoms with Gasteiger partial charge in [0.15, 0.2) is 23.9 Å². The van der Waals surface area contributed by atoms with E-state index in [1.165, 1.54) is 39.2 Å². The number of hydrogen-bond acceptors (Lipinski definition) is 8. The average molecular weight is 612 g/mol. The van der Waals surface area contributed by atoms with Crippen molar-refractivity contribution in [2.75, 3.05) is 46.9 Å². The molecule has 0 saturated heterocycles. The molecule has 1 saturated carbocycles. The molecule has 1 aromatic carbocycles. The topological polar surface area (TPSA) is 126 Å². The van der Waals surface area contributed by atoms with Gasteiger partial charge in [-0.05, 0) is 69.7 Å². The van der Waals surface area contributed by atoms with E-state index < -0.39 is 11.9 Å². The molecule has 1 aromatic heterocycles. The molecule has 2 heterocycles. The zero-order chi connectivity index (χ0) is 31.3. The number of nitrogens with zero attached hydrogens (tertiary/aromatic N) is 3. The number of rotatable bonds is 4. The fourth-order valence-corrected chi connectivity index (χ4v) is 5.96. The summed E-state index contributed by atoms with van der Waals surface area (Å²) in [5.41, 5.74) is 1.97. The summed E-state index contributed by atoms with van der Waals surface area (Å²) in [5.74, 6) is 1.71. The first kappa shape index (κ1) is 33.3. The Bertz CT molecular complexity index is 1230. The number of likely N-dealkylation sites (N-methyl/N-ethyl adjacent to an activating group) is 1. The maximum Gasteiger partial charge on any atom is 0.258 e. The van der Waals surface area contributed by atoms with Crippen LogP contribution >= 0.6 is 0 Å². The molecule has 0 spiro atoms. The molecule has 1 aliphatic heterocycles. The van der Waals surface area contributed by atoms with Gasteiger partial charge in [0.05, 0.1) is 19.3 Å². The van der Waals surface area contributed by atoms with Crippen LogP contribution in [0.1, 0.15) is 87.6 Å². The summed E-state index contributed by atoms with van der Waals surface area (Å²) < 4.78 is 16.9. The quantitative estimate of drug-likeness (QED) is 0.535. The smallest absolute Gasteiger partial charge is 0.258 e. The molecular formula is C33H49N5O6. The van der Waals surface area contributed by atoms with Crippen molar-refractivity contribution in [3.8, 4) is 11.5 Å². The molecule has 1 fully saturated rings. The van der Waals surface area contributed by atoms with Gasteiger partial charge in [0, 0.05) is 45.1 Å². The van der Waals surface area contributed by atoms with Gasteiger partial charge >= 0.3 is 0 Å². The van der Waals surface area contributed by atoms with Gasteiger partial charge in [0.25, 0.3) is 5.91 Å². The van der Waals surface area contributed by atoms with Crippen LogP contribution in [-0.4, -0.2) is 85.7 Å². The largest absolute Gasteiger partial charge is 0.493 e. The van der Waals surface area contributed by atoms with Crippen molar-refractivity contribution in [3.05, 3.63) is 41.3 Å². The van der Waals surface area contributed by atoms with Gasteiger partial charge in [0.2, 0.25) is 11.8 Å². The summed E-state index contributed by atoms with van der Waals surface area (Å²) >= 11 is 0. The van der Waals surface area contributed by atoms with Crippen LogP contribution in [-0.2, 0) is 27.3 Å². The Morgan fingerprint density at radius 1 is 0.955 bits per heavy atom. The number of fused-ring (bicyclic) bond motifs is 2. The average Bonchev–Trinajstić information content (AvgIpc) is 3.51. The van der Waals surface area contributed by atoms with E-state index in [4.69, 9.17) is 14.0 Å². The van der Waals surface area contributed by atoms with Gasteiger partial charge < -0.3 is 29.5 Å². The number of ether oxygens (including phenoxy) is 2. The van der Waals surface area contributed by atoms with E-state index in [0.717, 1.165) is 49.4 Å². The molecule has 2 N–H and O–H groups in total. The predicted molar refractivity (Wildman–Crippen MR) is 167 cm³/mol. The number of methoxy groups -OCH3 is 1. The normalized spacial score (nSPS) is 21.4. The molecule has 11 nitrogen and oxygen atoms in total. The molecule has 2 bridgehead atoms. The minimum Gasteiger partial charge on any atom is -0.493 e. The van der Waals surface area contributed by atoms with Crippen LogP contribution in [0.2, 0.25) is 0 Å². The molecule has 242 valence electrons. The van der Waals surface area contributed by atoms with E-state index in [1.807, 2.05) is 6.07 Å². The third-order valence-corrected chi connectivity index (χ3v) is 8.52. The number of amides is 3. The van der Waals surface area contributed by atoms with E-state index >= 15 is 0 Å². The highest BCUT2D eigenvalue weighted by atomic mass is 16.5. The van der Waals surface area contributed by atoms with Gasteiger partial charge in [-0.3, -0.25) is 19.3 Å². The number of benzene rings is 1. The molecule has 0 radical (unpaired) electrons. The van der Waals surface area contributed by atoms with Crippen LogP contribution in [0.3, 0.4) is 0 Å². The number of nitrogens with one attached hydrogen (secondary N) is 2. The first-order valence-corrected chi connectivity index (χ1v) is 16.1. The highest BCUT2D eigenvalue weighted by Gasteiger charge is 2.22. The first-order chi connectivity index (χ1) is 21.3. The van der Waals surface area contributed by atoms with Crippen LogP contribution in [0.25, 0.3) is 0 Å². The number of carbonyl (C=O) groups is 3. The fraction of sp³-hybridized carbons (Fsp3) is 0.636. The second-order valence-corrected chi connectivity index (χ2v) is 12.1. The lowest BCUT2D eigenvalue weighted by molar-refractivity contribution is -0.135. The highest BCUT2D eigenvalue weighted by molar-refractivity contribution is 5.87. The number of aryl methyl sites for hydroxylation is 1. The van der Waals surface area contributed by atoms with Gasteiger partial charge in [-0.1, -0.05) is 30.5 Å². The minimum absolute atomic E-state index is 0.00888. The van der Waals surface area contributed by atoms with Crippen molar-refractivity contribution in [3.63, 3.8) is 0 Å². The monoisotopic (exact) mass is 611 g/mol. The van der Waals surface area contributed by atoms with Crippen molar-refractivity contribution in [2.24, 2.45) is 0 Å². The lowest BCUT2D eigenvalue weighted by Gasteiger charge is -2.24. The molecule has 2 aromatic rings. The Kier molecular flexibility index (Phi) is 12.9. The number of carbonyl (C=O) groups excluding carboxylic acids is 3. The van der Waals surface area contributed by atoms with Crippen molar-refractivity contribution >= 4 is 17.7 Å². The third-order valence-electron chi connectivity index (χ3n) is 8.52. The molecule has 1 atom stereocenters. The maximum absolute atomic E-state index is 12.9. The van der Waals surface area contributed by atoms with E-state index in [0.29, 0.717) is 49.9 Å². The Labute approximate surface area is 261 Å². The van der Waals surface area contributed by atoms with Crippen molar-refractivity contribution in [1.29, 1.82) is 0 Å². The summed E-state index contributed by atoms with van der Waals surface area (Å²) in [6, 6.07) is 6.88. The van der Waals surface area contributed by atoms with Crippen LogP contribution < -0.4 is 20.1 Å². The van der Waals surface area contributed by atoms with E-state index in [1.54, 1.807) is 31.0 Å². The predicted octanol–water partition coefficient (Wildman–Crippen LogP) is 3.81. The summed E-state index contributed by atoms with van der Waals surface area (Å²) in [4.78, 5) is 42.1. The summed E-state index contributed by atoms with van der Waals surface area (Å²) in [5, 5.41) is 10.2. The van der Waals surface area contributed by atoms with Gasteiger partial charge in [-0.2, -0.15) is 0 Å². The standard InChI is InChI=1S/C33H49N5O6/c1-24-33(41)37(2)17-7-8-18-38(22-27-21-28(36-44-27)26-10-5-4-6-11-26)19-9-16-34-31(39)15-13-25-12-14-29(42-3)30(20-25)43-23-32(40)35-24/h12,14,20-21,24,26H,4-11,13,15-19,22-23H2,1-3H3,(H,34,39)(H,35,40)/t24-/m0/s1. The molecule has 3 amide bonds. The molecule has 1 aliphatic carbocycles. The van der Waals surface area contributed by atoms with E-state index in [2.05, 4.69) is 26.8 Å². The fourth-order valence-electron chi connectivity index (χ4n) is 5.96. The molecule has 0 unspecified atom stereocenters. The summed E-state index contributed by atoms with van der Waals surface area (Å²) in [7, 11) is 3.29. The second-order valence-electron chi connectivity index (χ2n) is 12.1. The highest BCUT2D eigenvalue weighted by Crippen LogP contribution is 2.32. The Morgan fingerprint density at radius 2 is 1.73 bits per heavy atom. The summed E-state index contributed by atoms with van der Waals surface area (Å²) in [6.45, 7) is 4.88. The Morgan fingerprint density at radius 3 is 2.52 bits per heavy atom. The molecular weight excluding hydrogens is 562 g/mol. The first-order valence-electron chi connectivity index (χ1n) is 16.1. The zero-order valence-electron chi connectivity index (χ0n) is 26.6. The van der Waals surface area contributed by atoms with Gasteiger partial charge in [0.1, 0.15) is 6.04 Å². The molecule has 11 heteroatoms.